The van der Waals surface area contributed by atoms with E-state index in [0.717, 1.165) is 30.8 Å². The van der Waals surface area contributed by atoms with Gasteiger partial charge in [-0.2, -0.15) is 0 Å². The number of anilines is 1. The summed E-state index contributed by atoms with van der Waals surface area (Å²) in [6, 6.07) is 7.71. The minimum Gasteiger partial charge on any atom is -0.378 e. The molecule has 0 aliphatic rings. The fourth-order valence-corrected chi connectivity index (χ4v) is 1.73. The van der Waals surface area contributed by atoms with Crippen molar-refractivity contribution in [3.05, 3.63) is 29.8 Å². The fraction of sp³-hybridized carbons (Fsp3) is 0.500. The zero-order valence-electron chi connectivity index (χ0n) is 11.7. The standard InChI is InChI=1S/C14H23N3O/c1-15-9-6-10-17(4)14(18)12-7-5-8-13(11-12)16(2)3/h5,7-8,11,15H,6,9-10H2,1-4H3. The highest BCUT2D eigenvalue weighted by molar-refractivity contribution is 5.95. The molecule has 100 valence electrons. The van der Waals surface area contributed by atoms with Crippen LogP contribution in [0.4, 0.5) is 5.69 Å². The van der Waals surface area contributed by atoms with Gasteiger partial charge in [0.2, 0.25) is 0 Å². The van der Waals surface area contributed by atoms with E-state index >= 15 is 0 Å². The molecule has 0 fully saturated rings. The lowest BCUT2D eigenvalue weighted by Gasteiger charge is -2.19. The molecule has 0 atom stereocenters. The zero-order chi connectivity index (χ0) is 13.5. The van der Waals surface area contributed by atoms with Gasteiger partial charge in [0.15, 0.2) is 0 Å². The van der Waals surface area contributed by atoms with Gasteiger partial charge in [0.25, 0.3) is 5.91 Å². The maximum absolute atomic E-state index is 12.2. The number of hydrogen-bond acceptors (Lipinski definition) is 3. The molecule has 1 rings (SSSR count). The molecule has 1 aromatic carbocycles. The Morgan fingerprint density at radius 2 is 2.00 bits per heavy atom. The van der Waals surface area contributed by atoms with Crippen molar-refractivity contribution in [2.45, 2.75) is 6.42 Å². The van der Waals surface area contributed by atoms with Gasteiger partial charge in [-0.05, 0) is 38.2 Å². The third-order valence-electron chi connectivity index (χ3n) is 2.88. The van der Waals surface area contributed by atoms with Crippen LogP contribution >= 0.6 is 0 Å². The lowest BCUT2D eigenvalue weighted by atomic mass is 10.1. The summed E-state index contributed by atoms with van der Waals surface area (Å²) in [5, 5.41) is 3.08. The van der Waals surface area contributed by atoms with Crippen LogP contribution in [-0.2, 0) is 0 Å². The summed E-state index contributed by atoms with van der Waals surface area (Å²) < 4.78 is 0. The minimum absolute atomic E-state index is 0.0785. The molecule has 0 aliphatic carbocycles. The third kappa shape index (κ3) is 4.04. The van der Waals surface area contributed by atoms with Gasteiger partial charge >= 0.3 is 0 Å². The molecule has 0 radical (unpaired) electrons. The number of amides is 1. The molecule has 1 amide bonds. The van der Waals surface area contributed by atoms with Crippen molar-refractivity contribution in [1.29, 1.82) is 0 Å². The summed E-state index contributed by atoms with van der Waals surface area (Å²) in [4.78, 5) is 16.0. The second-order valence-corrected chi connectivity index (χ2v) is 4.63. The van der Waals surface area contributed by atoms with Crippen LogP contribution in [0.15, 0.2) is 24.3 Å². The molecule has 4 heteroatoms. The van der Waals surface area contributed by atoms with E-state index < -0.39 is 0 Å². The van der Waals surface area contributed by atoms with Gasteiger partial charge in [-0.25, -0.2) is 0 Å². The van der Waals surface area contributed by atoms with E-state index in [4.69, 9.17) is 0 Å². The molecule has 4 nitrogen and oxygen atoms in total. The summed E-state index contributed by atoms with van der Waals surface area (Å²) in [6.45, 7) is 1.70. The molecule has 0 aromatic heterocycles. The smallest absolute Gasteiger partial charge is 0.253 e. The van der Waals surface area contributed by atoms with Crippen LogP contribution < -0.4 is 10.2 Å². The number of hydrogen-bond donors (Lipinski definition) is 1. The SMILES string of the molecule is CNCCCN(C)C(=O)c1cccc(N(C)C)c1. The Bertz CT molecular complexity index is 390. The second-order valence-electron chi connectivity index (χ2n) is 4.63. The van der Waals surface area contributed by atoms with E-state index in [1.807, 2.05) is 57.4 Å². The summed E-state index contributed by atoms with van der Waals surface area (Å²) in [6.07, 6.45) is 0.964. The summed E-state index contributed by atoms with van der Waals surface area (Å²) in [7, 11) is 7.71. The number of nitrogens with one attached hydrogen (secondary N) is 1. The number of carbonyl (C=O) groups is 1. The predicted molar refractivity (Wildman–Crippen MR) is 76.3 cm³/mol. The largest absolute Gasteiger partial charge is 0.378 e. The van der Waals surface area contributed by atoms with Gasteiger partial charge < -0.3 is 15.1 Å². The molecule has 0 aliphatic heterocycles. The number of carbonyl (C=O) groups excluding carboxylic acids is 1. The molecule has 0 heterocycles. The fourth-order valence-electron chi connectivity index (χ4n) is 1.73. The van der Waals surface area contributed by atoms with Gasteiger partial charge in [-0.3, -0.25) is 4.79 Å². The van der Waals surface area contributed by atoms with E-state index in [-0.39, 0.29) is 5.91 Å². The van der Waals surface area contributed by atoms with Crippen LogP contribution in [-0.4, -0.2) is 52.1 Å². The first-order valence-corrected chi connectivity index (χ1v) is 6.23. The topological polar surface area (TPSA) is 35.6 Å². The Balaban J connectivity index is 2.68. The van der Waals surface area contributed by atoms with Crippen LogP contribution in [0.2, 0.25) is 0 Å². The Hall–Kier alpha value is -1.55. The van der Waals surface area contributed by atoms with Crippen LogP contribution in [0.25, 0.3) is 0 Å². The van der Waals surface area contributed by atoms with Crippen LogP contribution in [0.5, 0.6) is 0 Å². The highest BCUT2D eigenvalue weighted by atomic mass is 16.2. The van der Waals surface area contributed by atoms with Crippen molar-refractivity contribution >= 4 is 11.6 Å². The average molecular weight is 249 g/mol. The molecule has 0 unspecified atom stereocenters. The molecule has 1 N–H and O–H groups in total. The average Bonchev–Trinajstić information content (AvgIpc) is 2.38. The Morgan fingerprint density at radius 3 is 2.61 bits per heavy atom. The second kappa shape index (κ2) is 7.01. The minimum atomic E-state index is 0.0785. The Morgan fingerprint density at radius 1 is 1.28 bits per heavy atom. The summed E-state index contributed by atoms with van der Waals surface area (Å²) >= 11 is 0. The van der Waals surface area contributed by atoms with E-state index in [2.05, 4.69) is 5.32 Å². The van der Waals surface area contributed by atoms with Gasteiger partial charge in [0.1, 0.15) is 0 Å². The van der Waals surface area contributed by atoms with Crippen molar-refractivity contribution in [3.8, 4) is 0 Å². The highest BCUT2D eigenvalue weighted by Gasteiger charge is 2.11. The van der Waals surface area contributed by atoms with Crippen LogP contribution in [0.3, 0.4) is 0 Å². The third-order valence-corrected chi connectivity index (χ3v) is 2.88. The maximum Gasteiger partial charge on any atom is 0.253 e. The van der Waals surface area contributed by atoms with Gasteiger partial charge in [0.05, 0.1) is 0 Å². The molecule has 18 heavy (non-hydrogen) atoms. The van der Waals surface area contributed by atoms with E-state index in [0.29, 0.717) is 0 Å². The van der Waals surface area contributed by atoms with E-state index in [1.54, 1.807) is 4.90 Å². The van der Waals surface area contributed by atoms with Crippen molar-refractivity contribution in [2.24, 2.45) is 0 Å². The first-order valence-electron chi connectivity index (χ1n) is 6.23. The molecular weight excluding hydrogens is 226 g/mol. The number of benzene rings is 1. The van der Waals surface area contributed by atoms with Crippen LogP contribution in [0, 0.1) is 0 Å². The van der Waals surface area contributed by atoms with Gasteiger partial charge in [-0.15, -0.1) is 0 Å². The van der Waals surface area contributed by atoms with Gasteiger partial charge in [-0.1, -0.05) is 6.07 Å². The first kappa shape index (κ1) is 14.5. The van der Waals surface area contributed by atoms with Crippen molar-refractivity contribution in [3.63, 3.8) is 0 Å². The molecule has 1 aromatic rings. The Labute approximate surface area is 110 Å². The molecule has 0 saturated heterocycles. The summed E-state index contributed by atoms with van der Waals surface area (Å²) in [5.41, 5.74) is 1.79. The normalized spacial score (nSPS) is 10.2. The van der Waals surface area contributed by atoms with Crippen molar-refractivity contribution < 1.29 is 4.79 Å². The highest BCUT2D eigenvalue weighted by Crippen LogP contribution is 2.14. The quantitative estimate of drug-likeness (QED) is 0.775. The van der Waals surface area contributed by atoms with Gasteiger partial charge in [0, 0.05) is 38.9 Å². The maximum atomic E-state index is 12.2. The van der Waals surface area contributed by atoms with Crippen LogP contribution in [0.1, 0.15) is 16.8 Å². The first-order chi connectivity index (χ1) is 8.56. The van der Waals surface area contributed by atoms with E-state index in [1.165, 1.54) is 0 Å². The molecule has 0 bridgehead atoms. The van der Waals surface area contributed by atoms with Crippen molar-refractivity contribution in [2.75, 3.05) is 46.2 Å². The lowest BCUT2D eigenvalue weighted by molar-refractivity contribution is 0.0794. The predicted octanol–water partition coefficient (Wildman–Crippen LogP) is 1.43. The van der Waals surface area contributed by atoms with E-state index in [9.17, 15) is 4.79 Å². The number of rotatable bonds is 6. The van der Waals surface area contributed by atoms with Crippen molar-refractivity contribution in [1.82, 2.24) is 10.2 Å². The Kier molecular flexibility index (Phi) is 5.65. The molecule has 0 spiro atoms. The monoisotopic (exact) mass is 249 g/mol. The number of nitrogens with zero attached hydrogens (tertiary/aromatic N) is 2. The molecular formula is C14H23N3O. The summed E-state index contributed by atoms with van der Waals surface area (Å²) in [5.74, 6) is 0.0785. The zero-order valence-corrected chi connectivity index (χ0v) is 11.7. The lowest BCUT2D eigenvalue weighted by Crippen LogP contribution is -2.29. The molecule has 0 saturated carbocycles.